The monoisotopic (exact) mass is 424 g/mol. The second kappa shape index (κ2) is 9.75. The maximum atomic E-state index is 12.9. The Balaban J connectivity index is 1.44. The molecule has 0 aliphatic carbocycles. The van der Waals surface area contributed by atoms with Crippen LogP contribution in [0.25, 0.3) is 0 Å². The number of benzene rings is 3. The number of nitrogens with zero attached hydrogens (tertiary/aromatic N) is 2. The smallest absolute Gasteiger partial charge is 0.255 e. The van der Waals surface area contributed by atoms with E-state index in [1.807, 2.05) is 60.2 Å². The van der Waals surface area contributed by atoms with E-state index in [1.165, 1.54) is 0 Å². The summed E-state index contributed by atoms with van der Waals surface area (Å²) in [6, 6.07) is 24.0. The van der Waals surface area contributed by atoms with Crippen molar-refractivity contribution in [2.75, 3.05) is 5.32 Å². The summed E-state index contributed by atoms with van der Waals surface area (Å²) >= 11 is 0. The van der Waals surface area contributed by atoms with Crippen molar-refractivity contribution in [2.24, 2.45) is 0 Å². The predicted molar refractivity (Wildman–Crippen MR) is 124 cm³/mol. The van der Waals surface area contributed by atoms with Crippen molar-refractivity contribution in [1.82, 2.24) is 14.9 Å². The lowest BCUT2D eigenvalue weighted by Crippen LogP contribution is -2.28. The summed E-state index contributed by atoms with van der Waals surface area (Å²) in [7, 11) is 0. The van der Waals surface area contributed by atoms with E-state index in [2.05, 4.69) is 15.6 Å². The first-order valence-electron chi connectivity index (χ1n) is 10.4. The number of aromatic nitrogens is 2. The lowest BCUT2D eigenvalue weighted by molar-refractivity contribution is 0.0941. The maximum absolute atomic E-state index is 12.9. The lowest BCUT2D eigenvalue weighted by atomic mass is 10.1. The van der Waals surface area contributed by atoms with Crippen LogP contribution < -0.4 is 10.6 Å². The number of para-hydroxylation sites is 1. The molecule has 0 bridgehead atoms. The van der Waals surface area contributed by atoms with Gasteiger partial charge in [0.1, 0.15) is 0 Å². The van der Waals surface area contributed by atoms with Gasteiger partial charge in [0.05, 0.1) is 23.6 Å². The normalized spacial score (nSPS) is 11.5. The highest BCUT2D eigenvalue weighted by Gasteiger charge is 2.16. The molecule has 160 valence electrons. The van der Waals surface area contributed by atoms with Gasteiger partial charge in [-0.3, -0.25) is 9.59 Å². The molecule has 1 aromatic heterocycles. The molecule has 6 nitrogen and oxygen atoms in total. The summed E-state index contributed by atoms with van der Waals surface area (Å²) in [5.74, 6) is -0.511. The Morgan fingerprint density at radius 1 is 0.906 bits per heavy atom. The van der Waals surface area contributed by atoms with Crippen LogP contribution >= 0.6 is 0 Å². The second-order valence-electron chi connectivity index (χ2n) is 7.54. The van der Waals surface area contributed by atoms with E-state index >= 15 is 0 Å². The Kier molecular flexibility index (Phi) is 6.41. The van der Waals surface area contributed by atoms with Crippen molar-refractivity contribution in [3.63, 3.8) is 0 Å². The van der Waals surface area contributed by atoms with Gasteiger partial charge in [0.15, 0.2) is 0 Å². The maximum Gasteiger partial charge on any atom is 0.255 e. The molecule has 0 saturated carbocycles. The fraction of sp³-hybridized carbons (Fsp3) is 0.115. The van der Waals surface area contributed by atoms with Crippen LogP contribution in [0.2, 0.25) is 0 Å². The average Bonchev–Trinajstić information content (AvgIpc) is 3.33. The third kappa shape index (κ3) is 5.10. The van der Waals surface area contributed by atoms with Gasteiger partial charge >= 0.3 is 0 Å². The molecule has 0 aliphatic heterocycles. The number of rotatable bonds is 7. The van der Waals surface area contributed by atoms with E-state index < -0.39 is 0 Å². The Morgan fingerprint density at radius 3 is 2.34 bits per heavy atom. The molecule has 2 amide bonds. The van der Waals surface area contributed by atoms with Crippen LogP contribution in [0.1, 0.15) is 44.8 Å². The van der Waals surface area contributed by atoms with Gasteiger partial charge in [-0.05, 0) is 42.3 Å². The van der Waals surface area contributed by atoms with Gasteiger partial charge in [0.25, 0.3) is 11.8 Å². The first-order chi connectivity index (χ1) is 15.6. The molecule has 2 N–H and O–H groups in total. The van der Waals surface area contributed by atoms with Crippen molar-refractivity contribution in [2.45, 2.75) is 19.5 Å². The number of nitrogens with one attached hydrogen (secondary N) is 2. The average molecular weight is 425 g/mol. The number of imidazole rings is 1. The van der Waals surface area contributed by atoms with E-state index in [1.54, 1.807) is 48.9 Å². The highest BCUT2D eigenvalue weighted by Crippen LogP contribution is 2.19. The molecule has 0 aliphatic rings. The van der Waals surface area contributed by atoms with Crippen LogP contribution in [-0.2, 0) is 6.54 Å². The summed E-state index contributed by atoms with van der Waals surface area (Å²) in [6.07, 6.45) is 5.37. The minimum Gasteiger partial charge on any atom is -0.345 e. The van der Waals surface area contributed by atoms with Crippen molar-refractivity contribution in [3.05, 3.63) is 120 Å². The van der Waals surface area contributed by atoms with Crippen molar-refractivity contribution in [3.8, 4) is 0 Å². The van der Waals surface area contributed by atoms with Crippen LogP contribution in [0.15, 0.2) is 97.6 Å². The zero-order valence-electron chi connectivity index (χ0n) is 17.7. The topological polar surface area (TPSA) is 76.0 Å². The first kappa shape index (κ1) is 21.1. The summed E-state index contributed by atoms with van der Waals surface area (Å²) in [6.45, 7) is 2.62. The van der Waals surface area contributed by atoms with Gasteiger partial charge in [-0.15, -0.1) is 0 Å². The van der Waals surface area contributed by atoms with Gasteiger partial charge in [0.2, 0.25) is 0 Å². The minimum atomic E-state index is -0.268. The second-order valence-corrected chi connectivity index (χ2v) is 7.54. The Bertz CT molecular complexity index is 1190. The number of carbonyl (C=O) groups is 2. The molecular formula is C26H24N4O2. The molecule has 6 heteroatoms. The van der Waals surface area contributed by atoms with Gasteiger partial charge in [-0.1, -0.05) is 54.6 Å². The number of hydrogen-bond donors (Lipinski definition) is 2. The molecule has 4 rings (SSSR count). The first-order valence-corrected chi connectivity index (χ1v) is 10.4. The van der Waals surface area contributed by atoms with E-state index in [0.717, 1.165) is 11.1 Å². The summed E-state index contributed by atoms with van der Waals surface area (Å²) in [4.78, 5) is 29.7. The molecule has 0 unspecified atom stereocenters. The summed E-state index contributed by atoms with van der Waals surface area (Å²) in [5, 5.41) is 5.87. The van der Waals surface area contributed by atoms with Crippen molar-refractivity contribution >= 4 is 17.5 Å². The van der Waals surface area contributed by atoms with Crippen LogP contribution in [0.5, 0.6) is 0 Å². The molecule has 3 aromatic carbocycles. The highest BCUT2D eigenvalue weighted by molar-refractivity contribution is 6.09. The van der Waals surface area contributed by atoms with Gasteiger partial charge in [-0.2, -0.15) is 0 Å². The molecule has 32 heavy (non-hydrogen) atoms. The number of carbonyl (C=O) groups excluding carboxylic acids is 2. The number of anilines is 1. The predicted octanol–water partition coefficient (Wildman–Crippen LogP) is 4.67. The van der Waals surface area contributed by atoms with Crippen LogP contribution in [0, 0.1) is 0 Å². The fourth-order valence-corrected chi connectivity index (χ4v) is 3.44. The lowest BCUT2D eigenvalue weighted by Gasteiger charge is -2.16. The van der Waals surface area contributed by atoms with Crippen molar-refractivity contribution in [1.29, 1.82) is 0 Å². The molecule has 0 fully saturated rings. The van der Waals surface area contributed by atoms with E-state index in [0.29, 0.717) is 23.4 Å². The zero-order valence-corrected chi connectivity index (χ0v) is 17.7. The molecule has 0 saturated heterocycles. The molecule has 0 spiro atoms. The van der Waals surface area contributed by atoms with E-state index in [9.17, 15) is 9.59 Å². The molecule has 4 aromatic rings. The molecule has 1 heterocycles. The quantitative estimate of drug-likeness (QED) is 0.452. The van der Waals surface area contributed by atoms with Gasteiger partial charge < -0.3 is 15.2 Å². The zero-order chi connectivity index (χ0) is 22.3. The summed E-state index contributed by atoms with van der Waals surface area (Å²) in [5.41, 5.74) is 3.48. The molecule has 0 radical (unpaired) electrons. The number of amides is 2. The van der Waals surface area contributed by atoms with E-state index in [4.69, 9.17) is 0 Å². The molecular weight excluding hydrogens is 400 g/mol. The largest absolute Gasteiger partial charge is 0.345 e. The standard InChI is InChI=1S/C26H24N4O2/c1-19(21-7-3-2-4-8-21)28-26(32)23-9-5-6-10-24(23)29-25(31)22-13-11-20(12-14-22)17-30-16-15-27-18-30/h2-16,18-19H,17H2,1H3,(H,28,32)(H,29,31)/t19-/m1/s1. The van der Waals surface area contributed by atoms with Crippen LogP contribution in [-0.4, -0.2) is 21.4 Å². The summed E-state index contributed by atoms with van der Waals surface area (Å²) < 4.78 is 1.96. The van der Waals surface area contributed by atoms with Crippen molar-refractivity contribution < 1.29 is 9.59 Å². The van der Waals surface area contributed by atoms with E-state index in [-0.39, 0.29) is 17.9 Å². The van der Waals surface area contributed by atoms with Gasteiger partial charge in [0, 0.05) is 24.5 Å². The third-order valence-corrected chi connectivity index (χ3v) is 5.21. The Morgan fingerprint density at radius 2 is 1.62 bits per heavy atom. The Hall–Kier alpha value is -4.19. The third-order valence-electron chi connectivity index (χ3n) is 5.21. The molecule has 1 atom stereocenters. The van der Waals surface area contributed by atoms with Crippen LogP contribution in [0.4, 0.5) is 5.69 Å². The Labute approximate surface area is 186 Å². The fourth-order valence-electron chi connectivity index (χ4n) is 3.44. The number of hydrogen-bond acceptors (Lipinski definition) is 3. The van der Waals surface area contributed by atoms with Gasteiger partial charge in [-0.25, -0.2) is 4.98 Å². The van der Waals surface area contributed by atoms with Crippen LogP contribution in [0.3, 0.4) is 0 Å². The minimum absolute atomic E-state index is 0.157. The highest BCUT2D eigenvalue weighted by atomic mass is 16.2. The SMILES string of the molecule is C[C@@H](NC(=O)c1ccccc1NC(=O)c1ccc(Cn2ccnc2)cc1)c1ccccc1.